The number of phenols is 1. The normalized spacial score (nSPS) is 13.0. The molecule has 2 atom stereocenters. The number of ether oxygens (including phenoxy) is 1. The molecule has 0 saturated carbocycles. The van der Waals surface area contributed by atoms with Crippen LogP contribution in [0.25, 0.3) is 0 Å². The predicted octanol–water partition coefficient (Wildman–Crippen LogP) is 3.84. The van der Waals surface area contributed by atoms with Crippen LogP contribution in [0.2, 0.25) is 0 Å². The van der Waals surface area contributed by atoms with E-state index >= 15 is 0 Å². The third-order valence-corrected chi connectivity index (χ3v) is 5.49. The molecular formula is C24H39N3O5S. The van der Waals surface area contributed by atoms with Crippen LogP contribution in [-0.2, 0) is 14.3 Å². The zero-order valence-electron chi connectivity index (χ0n) is 20.6. The maximum Gasteiger partial charge on any atom is 0.408 e. The number of phenolic OH excluding ortho intramolecular Hbond substituents is 1. The molecule has 0 radical (unpaired) electrons. The minimum Gasteiger partial charge on any atom is -0.508 e. The van der Waals surface area contributed by atoms with E-state index in [2.05, 4.69) is 10.6 Å². The Hall–Kier alpha value is -2.42. The molecule has 0 aliphatic rings. The number of likely N-dealkylation sites (N-methyl/N-ethyl adjacent to an activating group) is 1. The first-order chi connectivity index (χ1) is 15.6. The number of nitrogens with one attached hydrogen (secondary N) is 2. The number of carbonyl (C=O) groups excluding carboxylic acids is 3. The zero-order chi connectivity index (χ0) is 25.0. The van der Waals surface area contributed by atoms with Crippen LogP contribution in [0.4, 0.5) is 4.79 Å². The van der Waals surface area contributed by atoms with Gasteiger partial charge in [-0.3, -0.25) is 9.59 Å². The van der Waals surface area contributed by atoms with Gasteiger partial charge in [-0.05, 0) is 58.6 Å². The number of nitrogens with zero attached hydrogens (tertiary/aromatic N) is 1. The second-order valence-corrected chi connectivity index (χ2v) is 9.70. The van der Waals surface area contributed by atoms with Gasteiger partial charge in [-0.15, -0.1) is 0 Å². The van der Waals surface area contributed by atoms with Crippen molar-refractivity contribution >= 4 is 29.7 Å². The highest BCUT2D eigenvalue weighted by atomic mass is 32.2. The van der Waals surface area contributed by atoms with Gasteiger partial charge in [-0.25, -0.2) is 4.79 Å². The number of aromatic hydroxyl groups is 1. The summed E-state index contributed by atoms with van der Waals surface area (Å²) in [6.45, 7) is 9.72. The highest BCUT2D eigenvalue weighted by Gasteiger charge is 2.36. The van der Waals surface area contributed by atoms with E-state index in [1.165, 1.54) is 11.0 Å². The van der Waals surface area contributed by atoms with Crippen LogP contribution >= 0.6 is 11.8 Å². The number of amides is 3. The summed E-state index contributed by atoms with van der Waals surface area (Å²) < 4.78 is 5.34. The van der Waals surface area contributed by atoms with Crippen LogP contribution in [0.15, 0.2) is 24.3 Å². The SMILES string of the molecule is CCCCNC(=O)C(c1ccccc1O)N(CC)C(=O)C(CCSC)NC(=O)OC(C)(C)C. The van der Waals surface area contributed by atoms with Crippen molar-refractivity contribution in [3.63, 3.8) is 0 Å². The predicted molar refractivity (Wildman–Crippen MR) is 132 cm³/mol. The molecule has 8 nitrogen and oxygen atoms in total. The second-order valence-electron chi connectivity index (χ2n) is 8.71. The molecule has 0 bridgehead atoms. The minimum absolute atomic E-state index is 0.0693. The van der Waals surface area contributed by atoms with Gasteiger partial charge in [-0.1, -0.05) is 31.5 Å². The Bertz CT molecular complexity index is 782. The van der Waals surface area contributed by atoms with E-state index in [4.69, 9.17) is 4.74 Å². The largest absolute Gasteiger partial charge is 0.508 e. The molecule has 1 aromatic carbocycles. The number of carbonyl (C=O) groups is 3. The number of para-hydroxylation sites is 1. The van der Waals surface area contributed by atoms with Crippen LogP contribution in [-0.4, -0.2) is 64.7 Å². The molecule has 0 aliphatic carbocycles. The second kappa shape index (κ2) is 14.0. The molecule has 0 saturated heterocycles. The van der Waals surface area contributed by atoms with Crippen LogP contribution in [0.1, 0.15) is 65.5 Å². The first-order valence-electron chi connectivity index (χ1n) is 11.4. The summed E-state index contributed by atoms with van der Waals surface area (Å²) in [5.74, 6) is -0.217. The summed E-state index contributed by atoms with van der Waals surface area (Å²) in [5.41, 5.74) is -0.373. The fourth-order valence-electron chi connectivity index (χ4n) is 3.26. The lowest BCUT2D eigenvalue weighted by Crippen LogP contribution is -2.53. The molecule has 33 heavy (non-hydrogen) atoms. The summed E-state index contributed by atoms with van der Waals surface area (Å²) >= 11 is 1.55. The van der Waals surface area contributed by atoms with Gasteiger partial charge in [0.15, 0.2) is 0 Å². The lowest BCUT2D eigenvalue weighted by atomic mass is 10.0. The van der Waals surface area contributed by atoms with Gasteiger partial charge in [0.1, 0.15) is 23.4 Å². The Morgan fingerprint density at radius 2 is 1.85 bits per heavy atom. The van der Waals surface area contributed by atoms with Gasteiger partial charge < -0.3 is 25.4 Å². The molecule has 2 unspecified atom stereocenters. The van der Waals surface area contributed by atoms with Crippen LogP contribution in [0.5, 0.6) is 5.75 Å². The summed E-state index contributed by atoms with van der Waals surface area (Å²) in [5, 5.41) is 16.0. The van der Waals surface area contributed by atoms with Crippen LogP contribution < -0.4 is 10.6 Å². The Morgan fingerprint density at radius 1 is 1.18 bits per heavy atom. The Kier molecular flexibility index (Phi) is 12.1. The van der Waals surface area contributed by atoms with E-state index in [0.29, 0.717) is 24.3 Å². The van der Waals surface area contributed by atoms with E-state index in [9.17, 15) is 19.5 Å². The molecule has 0 fully saturated rings. The number of thioether (sulfide) groups is 1. The number of rotatable bonds is 12. The van der Waals surface area contributed by atoms with Crippen molar-refractivity contribution in [2.75, 3.05) is 25.1 Å². The lowest BCUT2D eigenvalue weighted by molar-refractivity contribution is -0.142. The number of hydrogen-bond donors (Lipinski definition) is 3. The zero-order valence-corrected chi connectivity index (χ0v) is 21.5. The summed E-state index contributed by atoms with van der Waals surface area (Å²) in [4.78, 5) is 40.6. The quantitative estimate of drug-likeness (QED) is 0.392. The fourth-order valence-corrected chi connectivity index (χ4v) is 3.73. The Labute approximate surface area is 201 Å². The number of benzene rings is 1. The maximum atomic E-state index is 13.6. The van der Waals surface area contributed by atoms with Gasteiger partial charge in [0.2, 0.25) is 11.8 Å². The van der Waals surface area contributed by atoms with Crippen molar-refractivity contribution in [1.29, 1.82) is 0 Å². The number of hydrogen-bond acceptors (Lipinski definition) is 6. The van der Waals surface area contributed by atoms with Crippen molar-refractivity contribution in [1.82, 2.24) is 15.5 Å². The Balaban J connectivity index is 3.28. The lowest BCUT2D eigenvalue weighted by Gasteiger charge is -2.34. The number of unbranched alkanes of at least 4 members (excludes halogenated alkanes) is 1. The first-order valence-corrected chi connectivity index (χ1v) is 12.8. The molecule has 3 N–H and O–H groups in total. The molecule has 0 heterocycles. The molecule has 0 aromatic heterocycles. The number of alkyl carbamates (subject to hydrolysis) is 1. The molecule has 1 rings (SSSR count). The summed E-state index contributed by atoms with van der Waals surface area (Å²) in [7, 11) is 0. The molecule has 1 aromatic rings. The monoisotopic (exact) mass is 481 g/mol. The third kappa shape index (κ3) is 9.53. The van der Waals surface area contributed by atoms with Crippen molar-refractivity contribution in [2.45, 2.75) is 71.6 Å². The van der Waals surface area contributed by atoms with E-state index in [1.54, 1.807) is 57.7 Å². The molecule has 9 heteroatoms. The van der Waals surface area contributed by atoms with Crippen molar-refractivity contribution in [3.8, 4) is 5.75 Å². The van der Waals surface area contributed by atoms with E-state index in [1.807, 2.05) is 13.2 Å². The Morgan fingerprint density at radius 3 is 2.39 bits per heavy atom. The highest BCUT2D eigenvalue weighted by Crippen LogP contribution is 2.29. The standard InChI is InChI=1S/C24H39N3O5S/c1-7-9-15-25-21(29)20(17-12-10-11-13-19(17)28)27(8-2)22(30)18(14-16-33-6)26-23(31)32-24(3,4)5/h10-13,18,20,28H,7-9,14-16H2,1-6H3,(H,25,29)(H,26,31). The smallest absolute Gasteiger partial charge is 0.408 e. The average molecular weight is 482 g/mol. The fraction of sp³-hybridized carbons (Fsp3) is 0.625. The van der Waals surface area contributed by atoms with Gasteiger partial charge in [0.25, 0.3) is 0 Å². The molecule has 0 spiro atoms. The van der Waals surface area contributed by atoms with E-state index < -0.39 is 29.7 Å². The van der Waals surface area contributed by atoms with Gasteiger partial charge in [-0.2, -0.15) is 11.8 Å². The van der Waals surface area contributed by atoms with Crippen LogP contribution in [0.3, 0.4) is 0 Å². The van der Waals surface area contributed by atoms with Crippen molar-refractivity contribution in [3.05, 3.63) is 29.8 Å². The van der Waals surface area contributed by atoms with E-state index in [-0.39, 0.29) is 18.2 Å². The topological polar surface area (TPSA) is 108 Å². The molecule has 0 aliphatic heterocycles. The molecular weight excluding hydrogens is 442 g/mol. The highest BCUT2D eigenvalue weighted by molar-refractivity contribution is 7.98. The molecule has 3 amide bonds. The van der Waals surface area contributed by atoms with Crippen LogP contribution in [0, 0.1) is 0 Å². The first kappa shape index (κ1) is 28.6. The third-order valence-electron chi connectivity index (χ3n) is 4.84. The van der Waals surface area contributed by atoms with Gasteiger partial charge in [0.05, 0.1) is 0 Å². The average Bonchev–Trinajstić information content (AvgIpc) is 2.74. The van der Waals surface area contributed by atoms with Crippen molar-refractivity contribution in [2.24, 2.45) is 0 Å². The maximum absolute atomic E-state index is 13.6. The summed E-state index contributed by atoms with van der Waals surface area (Å²) in [6.07, 6.45) is 3.31. The van der Waals surface area contributed by atoms with Gasteiger partial charge in [0, 0.05) is 18.7 Å². The molecule has 186 valence electrons. The minimum atomic E-state index is -1.03. The van der Waals surface area contributed by atoms with Crippen molar-refractivity contribution < 1.29 is 24.2 Å². The van der Waals surface area contributed by atoms with Gasteiger partial charge >= 0.3 is 6.09 Å². The summed E-state index contributed by atoms with van der Waals surface area (Å²) in [6, 6.07) is 4.59. The van der Waals surface area contributed by atoms with E-state index in [0.717, 1.165) is 12.8 Å².